The summed E-state index contributed by atoms with van der Waals surface area (Å²) in [6.45, 7) is 5.23. The Morgan fingerprint density at radius 2 is 2.36 bits per heavy atom. The Morgan fingerprint density at radius 1 is 1.50 bits per heavy atom. The van der Waals surface area contributed by atoms with E-state index in [1.54, 1.807) is 0 Å². The molecule has 0 bridgehead atoms. The molecular formula is C9H13IN4. The molecule has 76 valence electrons. The van der Waals surface area contributed by atoms with Crippen molar-refractivity contribution in [3.8, 4) is 0 Å². The van der Waals surface area contributed by atoms with Crippen molar-refractivity contribution in [1.82, 2.24) is 15.3 Å². The number of hydrogen-bond donors (Lipinski definition) is 1. The zero-order valence-electron chi connectivity index (χ0n) is 8.07. The van der Waals surface area contributed by atoms with Gasteiger partial charge in [-0.05, 0) is 29.5 Å². The van der Waals surface area contributed by atoms with Gasteiger partial charge in [0.05, 0.1) is 12.4 Å². The fourth-order valence-corrected chi connectivity index (χ4v) is 1.89. The summed E-state index contributed by atoms with van der Waals surface area (Å²) in [4.78, 5) is 10.9. The minimum Gasteiger partial charge on any atom is -0.353 e. The first-order valence-electron chi connectivity index (χ1n) is 4.71. The zero-order valence-corrected chi connectivity index (χ0v) is 10.2. The summed E-state index contributed by atoms with van der Waals surface area (Å²) < 4.78 is 0.939. The molecule has 1 aliphatic rings. The van der Waals surface area contributed by atoms with E-state index in [0.717, 1.165) is 29.2 Å². The molecule has 1 fully saturated rings. The zero-order chi connectivity index (χ0) is 9.97. The lowest BCUT2D eigenvalue weighted by molar-refractivity contribution is 0.482. The smallest absolute Gasteiger partial charge is 0.147 e. The number of anilines is 1. The third-order valence-electron chi connectivity index (χ3n) is 2.30. The van der Waals surface area contributed by atoms with Gasteiger partial charge in [-0.2, -0.15) is 0 Å². The van der Waals surface area contributed by atoms with Gasteiger partial charge in [-0.1, -0.05) is 0 Å². The van der Waals surface area contributed by atoms with Crippen molar-refractivity contribution in [2.24, 2.45) is 0 Å². The molecule has 0 aromatic carbocycles. The molecule has 1 N–H and O–H groups in total. The van der Waals surface area contributed by atoms with Crippen LogP contribution in [0, 0.1) is 3.70 Å². The third-order valence-corrected chi connectivity index (χ3v) is 2.86. The molecule has 1 aromatic heterocycles. The number of piperazine rings is 1. The fraction of sp³-hybridized carbons (Fsp3) is 0.556. The van der Waals surface area contributed by atoms with Crippen molar-refractivity contribution < 1.29 is 0 Å². The Labute approximate surface area is 97.3 Å². The van der Waals surface area contributed by atoms with E-state index in [0.29, 0.717) is 6.04 Å². The van der Waals surface area contributed by atoms with Crippen molar-refractivity contribution >= 4 is 28.4 Å². The van der Waals surface area contributed by atoms with E-state index >= 15 is 0 Å². The van der Waals surface area contributed by atoms with E-state index in [9.17, 15) is 0 Å². The molecule has 1 saturated heterocycles. The predicted octanol–water partition coefficient (Wildman–Crippen LogP) is 0.879. The van der Waals surface area contributed by atoms with Gasteiger partial charge in [0.25, 0.3) is 0 Å². The van der Waals surface area contributed by atoms with Crippen molar-refractivity contribution in [2.75, 3.05) is 24.5 Å². The summed E-state index contributed by atoms with van der Waals surface area (Å²) in [7, 11) is 0. The van der Waals surface area contributed by atoms with Gasteiger partial charge in [0.2, 0.25) is 0 Å². The maximum Gasteiger partial charge on any atom is 0.147 e. The van der Waals surface area contributed by atoms with E-state index < -0.39 is 0 Å². The molecule has 1 aromatic rings. The van der Waals surface area contributed by atoms with Crippen LogP contribution < -0.4 is 10.2 Å². The number of nitrogens with zero attached hydrogens (tertiary/aromatic N) is 3. The van der Waals surface area contributed by atoms with Crippen LogP contribution in [-0.2, 0) is 0 Å². The summed E-state index contributed by atoms with van der Waals surface area (Å²) >= 11 is 2.17. The van der Waals surface area contributed by atoms with Gasteiger partial charge in [-0.15, -0.1) is 0 Å². The molecule has 0 saturated carbocycles. The van der Waals surface area contributed by atoms with Crippen LogP contribution in [0.15, 0.2) is 12.4 Å². The molecule has 5 heteroatoms. The van der Waals surface area contributed by atoms with E-state index in [1.165, 1.54) is 0 Å². The topological polar surface area (TPSA) is 41.1 Å². The molecular weight excluding hydrogens is 291 g/mol. The number of rotatable bonds is 1. The Morgan fingerprint density at radius 3 is 3.00 bits per heavy atom. The van der Waals surface area contributed by atoms with Crippen molar-refractivity contribution in [3.05, 3.63) is 16.1 Å². The van der Waals surface area contributed by atoms with Crippen LogP contribution in [0.3, 0.4) is 0 Å². The SMILES string of the molecule is CC1CN(c2cnc(I)cn2)CCN1. The summed E-state index contributed by atoms with van der Waals surface area (Å²) in [6, 6.07) is 0.532. The summed E-state index contributed by atoms with van der Waals surface area (Å²) in [5.41, 5.74) is 0. The van der Waals surface area contributed by atoms with Crippen LogP contribution in [0.4, 0.5) is 5.82 Å². The fourth-order valence-electron chi connectivity index (χ4n) is 1.61. The molecule has 4 nitrogen and oxygen atoms in total. The van der Waals surface area contributed by atoms with Crippen LogP contribution in [-0.4, -0.2) is 35.6 Å². The van der Waals surface area contributed by atoms with Crippen molar-refractivity contribution in [2.45, 2.75) is 13.0 Å². The third kappa shape index (κ3) is 2.33. The van der Waals surface area contributed by atoms with Gasteiger partial charge in [0.1, 0.15) is 9.52 Å². The second kappa shape index (κ2) is 4.39. The number of hydrogen-bond acceptors (Lipinski definition) is 4. The van der Waals surface area contributed by atoms with Crippen LogP contribution in [0.5, 0.6) is 0 Å². The predicted molar refractivity (Wildman–Crippen MR) is 64.4 cm³/mol. The van der Waals surface area contributed by atoms with Gasteiger partial charge in [-0.3, -0.25) is 0 Å². The minimum atomic E-state index is 0.532. The van der Waals surface area contributed by atoms with E-state index in [4.69, 9.17) is 0 Å². The number of nitrogens with one attached hydrogen (secondary N) is 1. The maximum absolute atomic E-state index is 4.36. The Hall–Kier alpha value is -0.430. The minimum absolute atomic E-state index is 0.532. The Balaban J connectivity index is 2.10. The first-order chi connectivity index (χ1) is 6.75. The Bertz CT molecular complexity index is 300. The highest BCUT2D eigenvalue weighted by atomic mass is 127. The van der Waals surface area contributed by atoms with Gasteiger partial charge in [0, 0.05) is 25.7 Å². The van der Waals surface area contributed by atoms with E-state index in [2.05, 4.69) is 49.7 Å². The maximum atomic E-state index is 4.36. The molecule has 0 spiro atoms. The molecule has 0 amide bonds. The highest BCUT2D eigenvalue weighted by Gasteiger charge is 2.16. The second-order valence-electron chi connectivity index (χ2n) is 3.50. The van der Waals surface area contributed by atoms with Gasteiger partial charge in [-0.25, -0.2) is 9.97 Å². The van der Waals surface area contributed by atoms with Crippen molar-refractivity contribution in [3.63, 3.8) is 0 Å². The average molecular weight is 304 g/mol. The summed E-state index contributed by atoms with van der Waals surface area (Å²) in [5.74, 6) is 0.985. The molecule has 0 radical (unpaired) electrons. The molecule has 1 unspecified atom stereocenters. The lowest BCUT2D eigenvalue weighted by Crippen LogP contribution is -2.49. The molecule has 1 atom stereocenters. The largest absolute Gasteiger partial charge is 0.353 e. The second-order valence-corrected chi connectivity index (χ2v) is 4.60. The van der Waals surface area contributed by atoms with Crippen LogP contribution >= 0.6 is 22.6 Å². The Kier molecular flexibility index (Phi) is 3.17. The van der Waals surface area contributed by atoms with E-state index in [1.807, 2.05) is 12.4 Å². The summed E-state index contributed by atoms with van der Waals surface area (Å²) in [5, 5.41) is 3.40. The lowest BCUT2D eigenvalue weighted by Gasteiger charge is -2.32. The molecule has 2 heterocycles. The molecule has 14 heavy (non-hydrogen) atoms. The highest BCUT2D eigenvalue weighted by molar-refractivity contribution is 14.1. The quantitative estimate of drug-likeness (QED) is 0.782. The standard InChI is InChI=1S/C9H13IN4/c1-7-6-14(3-2-11-7)9-5-12-8(10)4-13-9/h4-5,7,11H,2-3,6H2,1H3. The first kappa shape index (κ1) is 10.1. The normalized spacial score (nSPS) is 22.4. The van der Waals surface area contributed by atoms with Gasteiger partial charge in [0.15, 0.2) is 0 Å². The van der Waals surface area contributed by atoms with Crippen LogP contribution in [0.1, 0.15) is 6.92 Å². The first-order valence-corrected chi connectivity index (χ1v) is 5.79. The van der Waals surface area contributed by atoms with Crippen LogP contribution in [0.2, 0.25) is 0 Å². The number of aromatic nitrogens is 2. The lowest BCUT2D eigenvalue weighted by atomic mass is 10.2. The molecule has 0 aliphatic carbocycles. The summed E-state index contributed by atoms with van der Waals surface area (Å²) in [6.07, 6.45) is 3.66. The number of halogens is 1. The molecule has 1 aliphatic heterocycles. The van der Waals surface area contributed by atoms with Gasteiger partial charge < -0.3 is 10.2 Å². The van der Waals surface area contributed by atoms with Gasteiger partial charge >= 0.3 is 0 Å². The average Bonchev–Trinajstić information content (AvgIpc) is 2.19. The monoisotopic (exact) mass is 304 g/mol. The highest BCUT2D eigenvalue weighted by Crippen LogP contribution is 2.11. The molecule has 2 rings (SSSR count). The van der Waals surface area contributed by atoms with E-state index in [-0.39, 0.29) is 0 Å². The van der Waals surface area contributed by atoms with Crippen molar-refractivity contribution in [1.29, 1.82) is 0 Å². The van der Waals surface area contributed by atoms with Crippen LogP contribution in [0.25, 0.3) is 0 Å².